The average molecular weight is 319 g/mol. The molecule has 0 saturated carbocycles. The molecule has 0 saturated heterocycles. The molecule has 120 valence electrons. The molecule has 0 aliphatic heterocycles. The summed E-state index contributed by atoms with van der Waals surface area (Å²) in [6.45, 7) is 1.08. The Morgan fingerprint density at radius 2 is 1.58 bits per heavy atom. The molecule has 3 aromatic heterocycles. The van der Waals surface area contributed by atoms with Crippen LogP contribution < -0.4 is 10.6 Å². The molecule has 6 nitrogen and oxygen atoms in total. The second-order valence-electron chi connectivity index (χ2n) is 5.19. The highest BCUT2D eigenvalue weighted by molar-refractivity contribution is 5.92. The minimum Gasteiger partial charge on any atom is -0.380 e. The zero-order valence-corrected chi connectivity index (χ0v) is 13.0. The zero-order valence-electron chi connectivity index (χ0n) is 13.0. The molecule has 2 N–H and O–H groups in total. The first-order chi connectivity index (χ1) is 11.8. The number of carbonyl (C=O) groups is 1. The molecule has 0 fully saturated rings. The van der Waals surface area contributed by atoms with Crippen molar-refractivity contribution in [1.29, 1.82) is 0 Å². The highest BCUT2D eigenvalue weighted by Gasteiger charge is 2.06. The van der Waals surface area contributed by atoms with Crippen molar-refractivity contribution in [3.05, 3.63) is 84.2 Å². The van der Waals surface area contributed by atoms with E-state index in [1.54, 1.807) is 37.1 Å². The maximum atomic E-state index is 12.1. The van der Waals surface area contributed by atoms with E-state index in [0.29, 0.717) is 18.8 Å². The van der Waals surface area contributed by atoms with Crippen molar-refractivity contribution >= 4 is 11.6 Å². The van der Waals surface area contributed by atoms with E-state index in [9.17, 15) is 4.79 Å². The van der Waals surface area contributed by atoms with E-state index >= 15 is 0 Å². The highest BCUT2D eigenvalue weighted by atomic mass is 16.1. The Labute approximate surface area is 140 Å². The zero-order chi connectivity index (χ0) is 16.6. The van der Waals surface area contributed by atoms with Gasteiger partial charge in [0.1, 0.15) is 5.69 Å². The van der Waals surface area contributed by atoms with Crippen molar-refractivity contribution in [2.24, 2.45) is 0 Å². The first-order valence-electron chi connectivity index (χ1n) is 7.57. The Morgan fingerprint density at radius 1 is 0.875 bits per heavy atom. The highest BCUT2D eigenvalue weighted by Crippen LogP contribution is 2.08. The fourth-order valence-electron chi connectivity index (χ4n) is 2.12. The number of pyridine rings is 3. The van der Waals surface area contributed by atoms with Crippen LogP contribution in [0.1, 0.15) is 21.6 Å². The van der Waals surface area contributed by atoms with Crippen molar-refractivity contribution in [3.8, 4) is 0 Å². The Balaban J connectivity index is 1.53. The summed E-state index contributed by atoms with van der Waals surface area (Å²) in [4.78, 5) is 24.4. The molecule has 3 aromatic rings. The fraction of sp³-hybridized carbons (Fsp3) is 0.111. The van der Waals surface area contributed by atoms with Crippen LogP contribution in [0.25, 0.3) is 0 Å². The predicted molar refractivity (Wildman–Crippen MR) is 91.2 cm³/mol. The lowest BCUT2D eigenvalue weighted by atomic mass is 10.2. The Bertz CT molecular complexity index is 776. The van der Waals surface area contributed by atoms with E-state index in [-0.39, 0.29) is 5.91 Å². The van der Waals surface area contributed by atoms with Crippen LogP contribution in [0, 0.1) is 0 Å². The monoisotopic (exact) mass is 319 g/mol. The van der Waals surface area contributed by atoms with Crippen molar-refractivity contribution in [1.82, 2.24) is 20.3 Å². The topological polar surface area (TPSA) is 79.8 Å². The van der Waals surface area contributed by atoms with Crippen LogP contribution >= 0.6 is 0 Å². The Hall–Kier alpha value is -3.28. The molecule has 24 heavy (non-hydrogen) atoms. The molecule has 0 radical (unpaired) electrons. The van der Waals surface area contributed by atoms with Gasteiger partial charge < -0.3 is 10.6 Å². The second kappa shape index (κ2) is 7.82. The maximum absolute atomic E-state index is 12.1. The number of hydrogen-bond donors (Lipinski definition) is 2. The number of amides is 1. The average Bonchev–Trinajstić information content (AvgIpc) is 2.66. The smallest absolute Gasteiger partial charge is 0.270 e. The Morgan fingerprint density at radius 3 is 2.17 bits per heavy atom. The first kappa shape index (κ1) is 15.6. The number of nitrogens with zero attached hydrogens (tertiary/aromatic N) is 3. The number of anilines is 1. The molecule has 0 bridgehead atoms. The molecule has 3 rings (SSSR count). The van der Waals surface area contributed by atoms with E-state index in [1.165, 1.54) is 0 Å². The van der Waals surface area contributed by atoms with E-state index < -0.39 is 0 Å². The lowest BCUT2D eigenvalue weighted by Crippen LogP contribution is -2.23. The summed E-state index contributed by atoms with van der Waals surface area (Å²) in [5.41, 5.74) is 3.25. The maximum Gasteiger partial charge on any atom is 0.270 e. The molecule has 1 amide bonds. The van der Waals surface area contributed by atoms with Crippen molar-refractivity contribution in [2.45, 2.75) is 13.1 Å². The standard InChI is InChI=1S/C18H17N5O/c24-18(23-12-15-4-2-8-20-10-15)17-6-5-16(13-22-17)21-11-14-3-1-7-19-9-14/h1-10,13,21H,11-12H2,(H,23,24). The van der Waals surface area contributed by atoms with Crippen LogP contribution in [0.3, 0.4) is 0 Å². The van der Waals surface area contributed by atoms with Gasteiger partial charge in [-0.05, 0) is 35.4 Å². The normalized spacial score (nSPS) is 10.2. The summed E-state index contributed by atoms with van der Waals surface area (Å²) in [7, 11) is 0. The summed E-state index contributed by atoms with van der Waals surface area (Å²) < 4.78 is 0. The lowest BCUT2D eigenvalue weighted by Gasteiger charge is -2.07. The van der Waals surface area contributed by atoms with Crippen LogP contribution in [0.5, 0.6) is 0 Å². The number of hydrogen-bond acceptors (Lipinski definition) is 5. The third kappa shape index (κ3) is 4.36. The van der Waals surface area contributed by atoms with Gasteiger partial charge in [-0.3, -0.25) is 14.8 Å². The van der Waals surface area contributed by atoms with Gasteiger partial charge in [-0.1, -0.05) is 12.1 Å². The van der Waals surface area contributed by atoms with Gasteiger partial charge in [-0.25, -0.2) is 4.98 Å². The third-order valence-electron chi connectivity index (χ3n) is 3.39. The predicted octanol–water partition coefficient (Wildman–Crippen LogP) is 2.41. The van der Waals surface area contributed by atoms with E-state index in [1.807, 2.05) is 30.3 Å². The van der Waals surface area contributed by atoms with Crippen LogP contribution in [-0.4, -0.2) is 20.9 Å². The van der Waals surface area contributed by atoms with Crippen molar-refractivity contribution in [3.63, 3.8) is 0 Å². The lowest BCUT2D eigenvalue weighted by molar-refractivity contribution is 0.0946. The van der Waals surface area contributed by atoms with E-state index in [2.05, 4.69) is 25.6 Å². The largest absolute Gasteiger partial charge is 0.380 e. The molecule has 3 heterocycles. The number of carbonyl (C=O) groups excluding carboxylic acids is 1. The molecule has 0 unspecified atom stereocenters. The molecule has 6 heteroatoms. The number of aromatic nitrogens is 3. The fourth-order valence-corrected chi connectivity index (χ4v) is 2.12. The summed E-state index contributed by atoms with van der Waals surface area (Å²) in [5.74, 6) is -0.210. The van der Waals surface area contributed by atoms with Gasteiger partial charge in [-0.15, -0.1) is 0 Å². The molecular weight excluding hydrogens is 302 g/mol. The van der Waals surface area contributed by atoms with Gasteiger partial charge in [-0.2, -0.15) is 0 Å². The SMILES string of the molecule is O=C(NCc1cccnc1)c1ccc(NCc2cccnc2)cn1. The summed E-state index contributed by atoms with van der Waals surface area (Å²) in [6, 6.07) is 11.2. The quantitative estimate of drug-likeness (QED) is 0.729. The van der Waals surface area contributed by atoms with Crippen molar-refractivity contribution < 1.29 is 4.79 Å². The van der Waals surface area contributed by atoms with Gasteiger partial charge in [0.05, 0.1) is 11.9 Å². The van der Waals surface area contributed by atoms with E-state index in [0.717, 1.165) is 16.8 Å². The van der Waals surface area contributed by atoms with Crippen LogP contribution in [0.2, 0.25) is 0 Å². The van der Waals surface area contributed by atoms with Crippen LogP contribution in [0.4, 0.5) is 5.69 Å². The molecule has 0 aliphatic carbocycles. The minimum absolute atomic E-state index is 0.210. The third-order valence-corrected chi connectivity index (χ3v) is 3.39. The summed E-state index contributed by atoms with van der Waals surface area (Å²) in [5, 5.41) is 6.06. The number of rotatable bonds is 6. The van der Waals surface area contributed by atoms with Gasteiger partial charge in [0, 0.05) is 37.9 Å². The minimum atomic E-state index is -0.210. The molecule has 0 atom stereocenters. The van der Waals surface area contributed by atoms with Gasteiger partial charge in [0.2, 0.25) is 0 Å². The van der Waals surface area contributed by atoms with Crippen molar-refractivity contribution in [2.75, 3.05) is 5.32 Å². The number of nitrogens with one attached hydrogen (secondary N) is 2. The first-order valence-corrected chi connectivity index (χ1v) is 7.57. The molecule has 0 aromatic carbocycles. The summed E-state index contributed by atoms with van der Waals surface area (Å²) >= 11 is 0. The van der Waals surface area contributed by atoms with Gasteiger partial charge >= 0.3 is 0 Å². The molecule has 0 aliphatic rings. The molecular formula is C18H17N5O. The van der Waals surface area contributed by atoms with E-state index in [4.69, 9.17) is 0 Å². The molecule has 0 spiro atoms. The Kier molecular flexibility index (Phi) is 5.09. The van der Waals surface area contributed by atoms with Gasteiger partial charge in [0.15, 0.2) is 0 Å². The second-order valence-corrected chi connectivity index (χ2v) is 5.19. The van der Waals surface area contributed by atoms with Crippen LogP contribution in [-0.2, 0) is 13.1 Å². The summed E-state index contributed by atoms with van der Waals surface area (Å²) in [6.07, 6.45) is 8.61. The van der Waals surface area contributed by atoms with Gasteiger partial charge in [0.25, 0.3) is 5.91 Å². The van der Waals surface area contributed by atoms with Crippen LogP contribution in [0.15, 0.2) is 67.4 Å².